The first-order valence-corrected chi connectivity index (χ1v) is 6.14. The third kappa shape index (κ3) is 4.10. The summed E-state index contributed by atoms with van der Waals surface area (Å²) in [6.07, 6.45) is 2.33. The maximum Gasteiger partial charge on any atom is 0.222 e. The maximum absolute atomic E-state index is 11.9. The standard InChI is InChI=1S/C14H22N2O/c1-4-11(2)16(3)14(17)10-7-12-5-8-13(15)9-6-12/h5-6,8-9,11H,4,7,10,15H2,1-3H3. The summed E-state index contributed by atoms with van der Waals surface area (Å²) >= 11 is 0. The van der Waals surface area contributed by atoms with E-state index in [2.05, 4.69) is 13.8 Å². The lowest BCUT2D eigenvalue weighted by Crippen LogP contribution is -2.34. The molecule has 0 radical (unpaired) electrons. The second-order valence-electron chi connectivity index (χ2n) is 4.50. The molecule has 0 fully saturated rings. The van der Waals surface area contributed by atoms with E-state index in [1.807, 2.05) is 36.2 Å². The fourth-order valence-electron chi connectivity index (χ4n) is 1.63. The number of nitrogens with zero attached hydrogens (tertiary/aromatic N) is 1. The largest absolute Gasteiger partial charge is 0.399 e. The molecule has 1 amide bonds. The average Bonchev–Trinajstić information content (AvgIpc) is 2.35. The van der Waals surface area contributed by atoms with Gasteiger partial charge in [0.05, 0.1) is 0 Å². The lowest BCUT2D eigenvalue weighted by Gasteiger charge is -2.23. The van der Waals surface area contributed by atoms with Gasteiger partial charge in [0.2, 0.25) is 5.91 Å². The Bertz CT molecular complexity index is 359. The molecule has 1 atom stereocenters. The van der Waals surface area contributed by atoms with E-state index in [9.17, 15) is 4.79 Å². The zero-order chi connectivity index (χ0) is 12.8. The second-order valence-corrected chi connectivity index (χ2v) is 4.50. The van der Waals surface area contributed by atoms with Crippen LogP contribution in [-0.4, -0.2) is 23.9 Å². The number of carbonyl (C=O) groups excluding carboxylic acids is 1. The van der Waals surface area contributed by atoms with Crippen molar-refractivity contribution in [1.29, 1.82) is 0 Å². The molecule has 1 aromatic rings. The van der Waals surface area contributed by atoms with Crippen molar-refractivity contribution in [2.45, 2.75) is 39.2 Å². The highest BCUT2D eigenvalue weighted by Gasteiger charge is 2.13. The topological polar surface area (TPSA) is 46.3 Å². The fourth-order valence-corrected chi connectivity index (χ4v) is 1.63. The number of aryl methyl sites for hydroxylation is 1. The molecule has 0 saturated carbocycles. The first-order valence-electron chi connectivity index (χ1n) is 6.14. The molecule has 2 N–H and O–H groups in total. The van der Waals surface area contributed by atoms with Crippen molar-refractivity contribution in [3.63, 3.8) is 0 Å². The molecule has 1 rings (SSSR count). The Balaban J connectivity index is 2.45. The first kappa shape index (κ1) is 13.6. The van der Waals surface area contributed by atoms with Crippen LogP contribution in [0, 0.1) is 0 Å². The third-order valence-corrected chi connectivity index (χ3v) is 3.25. The van der Waals surface area contributed by atoms with Gasteiger partial charge in [-0.3, -0.25) is 4.79 Å². The summed E-state index contributed by atoms with van der Waals surface area (Å²) in [7, 11) is 1.87. The zero-order valence-corrected chi connectivity index (χ0v) is 10.9. The fraction of sp³-hybridized carbons (Fsp3) is 0.500. The molecule has 1 unspecified atom stereocenters. The van der Waals surface area contributed by atoms with Gasteiger partial charge in [-0.15, -0.1) is 0 Å². The van der Waals surface area contributed by atoms with Crippen molar-refractivity contribution < 1.29 is 4.79 Å². The number of hydrogen-bond donors (Lipinski definition) is 1. The van der Waals surface area contributed by atoms with Crippen molar-refractivity contribution in [1.82, 2.24) is 4.90 Å². The molecule has 3 nitrogen and oxygen atoms in total. The minimum absolute atomic E-state index is 0.205. The van der Waals surface area contributed by atoms with Crippen molar-refractivity contribution in [2.24, 2.45) is 0 Å². The molecular weight excluding hydrogens is 212 g/mol. The summed E-state index contributed by atoms with van der Waals surface area (Å²) in [5, 5.41) is 0. The first-order chi connectivity index (χ1) is 8.04. The predicted octanol–water partition coefficient (Wildman–Crippen LogP) is 2.46. The van der Waals surface area contributed by atoms with Crippen molar-refractivity contribution in [2.75, 3.05) is 12.8 Å². The molecule has 0 aliphatic heterocycles. The molecule has 94 valence electrons. The number of hydrogen-bond acceptors (Lipinski definition) is 2. The van der Waals surface area contributed by atoms with Gasteiger partial charge in [-0.1, -0.05) is 19.1 Å². The number of nitrogen functional groups attached to an aromatic ring is 1. The van der Waals surface area contributed by atoms with Crippen molar-refractivity contribution in [3.05, 3.63) is 29.8 Å². The van der Waals surface area contributed by atoms with E-state index in [1.165, 1.54) is 0 Å². The van der Waals surface area contributed by atoms with Crippen LogP contribution in [0.4, 0.5) is 5.69 Å². The summed E-state index contributed by atoms with van der Waals surface area (Å²) in [5.74, 6) is 0.205. The van der Waals surface area contributed by atoms with Gasteiger partial charge in [0.1, 0.15) is 0 Å². The van der Waals surface area contributed by atoms with Gasteiger partial charge in [-0.2, -0.15) is 0 Å². The highest BCUT2D eigenvalue weighted by Crippen LogP contribution is 2.10. The van der Waals surface area contributed by atoms with Crippen LogP contribution in [0.2, 0.25) is 0 Å². The van der Waals surface area contributed by atoms with E-state index >= 15 is 0 Å². The molecule has 0 aromatic heterocycles. The average molecular weight is 234 g/mol. The SMILES string of the molecule is CCC(C)N(C)C(=O)CCc1ccc(N)cc1. The van der Waals surface area contributed by atoms with E-state index in [1.54, 1.807) is 0 Å². The van der Waals surface area contributed by atoms with Crippen LogP contribution >= 0.6 is 0 Å². The molecule has 1 aromatic carbocycles. The van der Waals surface area contributed by atoms with E-state index < -0.39 is 0 Å². The Morgan fingerprint density at radius 2 is 1.94 bits per heavy atom. The van der Waals surface area contributed by atoms with Crippen LogP contribution in [0.15, 0.2) is 24.3 Å². The van der Waals surface area contributed by atoms with E-state index in [-0.39, 0.29) is 5.91 Å². The van der Waals surface area contributed by atoms with Crippen molar-refractivity contribution in [3.8, 4) is 0 Å². The molecule has 0 bridgehead atoms. The smallest absolute Gasteiger partial charge is 0.222 e. The van der Waals surface area contributed by atoms with Crippen molar-refractivity contribution >= 4 is 11.6 Å². The summed E-state index contributed by atoms with van der Waals surface area (Å²) < 4.78 is 0. The number of amides is 1. The third-order valence-electron chi connectivity index (χ3n) is 3.25. The lowest BCUT2D eigenvalue weighted by molar-refractivity contribution is -0.131. The molecule has 0 heterocycles. The lowest BCUT2D eigenvalue weighted by atomic mass is 10.1. The Morgan fingerprint density at radius 3 is 2.47 bits per heavy atom. The normalized spacial score (nSPS) is 12.2. The van der Waals surface area contributed by atoms with Crippen LogP contribution < -0.4 is 5.73 Å². The van der Waals surface area contributed by atoms with Crippen LogP contribution in [0.1, 0.15) is 32.3 Å². The zero-order valence-electron chi connectivity index (χ0n) is 10.9. The number of carbonyl (C=O) groups is 1. The Labute approximate surface area is 104 Å². The Morgan fingerprint density at radius 1 is 1.35 bits per heavy atom. The number of rotatable bonds is 5. The molecule has 17 heavy (non-hydrogen) atoms. The Kier molecular flexibility index (Phi) is 5.01. The molecular formula is C14H22N2O. The monoisotopic (exact) mass is 234 g/mol. The van der Waals surface area contributed by atoms with Gasteiger partial charge in [0, 0.05) is 25.2 Å². The second kappa shape index (κ2) is 6.28. The predicted molar refractivity (Wildman–Crippen MR) is 71.7 cm³/mol. The minimum Gasteiger partial charge on any atom is -0.399 e. The molecule has 0 spiro atoms. The molecule has 0 saturated heterocycles. The van der Waals surface area contributed by atoms with Crippen LogP contribution in [0.3, 0.4) is 0 Å². The quantitative estimate of drug-likeness (QED) is 0.795. The van der Waals surface area contributed by atoms with Gasteiger partial charge in [-0.05, 0) is 37.5 Å². The van der Waals surface area contributed by atoms with Gasteiger partial charge in [0.15, 0.2) is 0 Å². The van der Waals surface area contributed by atoms with Gasteiger partial charge < -0.3 is 10.6 Å². The van der Waals surface area contributed by atoms with E-state index in [0.717, 1.165) is 24.1 Å². The van der Waals surface area contributed by atoms with E-state index in [4.69, 9.17) is 5.73 Å². The van der Waals surface area contributed by atoms with Gasteiger partial charge in [0.25, 0.3) is 0 Å². The number of nitrogens with two attached hydrogens (primary N) is 1. The highest BCUT2D eigenvalue weighted by molar-refractivity contribution is 5.76. The van der Waals surface area contributed by atoms with Crippen LogP contribution in [-0.2, 0) is 11.2 Å². The molecule has 3 heteroatoms. The van der Waals surface area contributed by atoms with Crippen LogP contribution in [0.5, 0.6) is 0 Å². The minimum atomic E-state index is 0.205. The number of anilines is 1. The summed E-state index contributed by atoms with van der Waals surface area (Å²) in [6.45, 7) is 4.16. The molecule has 0 aliphatic carbocycles. The van der Waals surface area contributed by atoms with Gasteiger partial charge >= 0.3 is 0 Å². The molecule has 0 aliphatic rings. The van der Waals surface area contributed by atoms with Gasteiger partial charge in [-0.25, -0.2) is 0 Å². The Hall–Kier alpha value is -1.51. The maximum atomic E-state index is 11.9. The summed E-state index contributed by atoms with van der Waals surface area (Å²) in [4.78, 5) is 13.7. The highest BCUT2D eigenvalue weighted by atomic mass is 16.2. The summed E-state index contributed by atoms with van der Waals surface area (Å²) in [6, 6.07) is 8.02. The van der Waals surface area contributed by atoms with Crippen LogP contribution in [0.25, 0.3) is 0 Å². The van der Waals surface area contributed by atoms with E-state index in [0.29, 0.717) is 12.5 Å². The number of benzene rings is 1. The summed E-state index contributed by atoms with van der Waals surface area (Å²) in [5.41, 5.74) is 7.53.